The van der Waals surface area contributed by atoms with Crippen LogP contribution in [0.3, 0.4) is 0 Å². The average molecular weight is 300 g/mol. The van der Waals surface area contributed by atoms with Crippen LogP contribution in [-0.2, 0) is 9.53 Å². The second-order valence-electron chi connectivity index (χ2n) is 5.84. The van der Waals surface area contributed by atoms with Crippen LogP contribution in [0.1, 0.15) is 24.8 Å². The number of nitriles is 1. The standard InChI is InChI=1S/C16H20N4O2/c17-9-12-1-2-15(18-10-12)20-6-3-13(11-20)16(21)19-14-4-7-22-8-5-14/h1-2,10,13-14H,3-8,11H2,(H,19,21). The van der Waals surface area contributed by atoms with Crippen LogP contribution in [0.2, 0.25) is 0 Å². The maximum Gasteiger partial charge on any atom is 0.225 e. The molecule has 0 aliphatic carbocycles. The van der Waals surface area contributed by atoms with Crippen LogP contribution >= 0.6 is 0 Å². The van der Waals surface area contributed by atoms with Crippen molar-refractivity contribution in [2.24, 2.45) is 5.92 Å². The van der Waals surface area contributed by atoms with Crippen molar-refractivity contribution in [3.05, 3.63) is 23.9 Å². The molecule has 2 aliphatic heterocycles. The summed E-state index contributed by atoms with van der Waals surface area (Å²) in [6.45, 7) is 2.98. The largest absolute Gasteiger partial charge is 0.381 e. The molecule has 0 bridgehead atoms. The van der Waals surface area contributed by atoms with Crippen molar-refractivity contribution in [2.45, 2.75) is 25.3 Å². The third-order valence-corrected chi connectivity index (χ3v) is 4.33. The van der Waals surface area contributed by atoms with E-state index >= 15 is 0 Å². The second kappa shape index (κ2) is 6.75. The SMILES string of the molecule is N#Cc1ccc(N2CCC(C(=O)NC3CCOCC3)C2)nc1. The predicted octanol–water partition coefficient (Wildman–Crippen LogP) is 1.07. The number of aromatic nitrogens is 1. The average Bonchev–Trinajstić information content (AvgIpc) is 3.06. The van der Waals surface area contributed by atoms with Crippen LogP contribution in [0.15, 0.2) is 18.3 Å². The number of anilines is 1. The normalized spacial score (nSPS) is 22.3. The fourth-order valence-corrected chi connectivity index (χ4v) is 2.98. The van der Waals surface area contributed by atoms with Gasteiger partial charge in [-0.1, -0.05) is 0 Å². The van der Waals surface area contributed by atoms with Crippen LogP contribution < -0.4 is 10.2 Å². The summed E-state index contributed by atoms with van der Waals surface area (Å²) in [5, 5.41) is 11.9. The first-order chi connectivity index (χ1) is 10.8. The number of nitrogens with one attached hydrogen (secondary N) is 1. The number of amides is 1. The molecule has 2 aliphatic rings. The van der Waals surface area contributed by atoms with Gasteiger partial charge in [0.15, 0.2) is 0 Å². The van der Waals surface area contributed by atoms with Crippen molar-refractivity contribution in [2.75, 3.05) is 31.2 Å². The van der Waals surface area contributed by atoms with E-state index in [9.17, 15) is 4.79 Å². The van der Waals surface area contributed by atoms with Crippen LogP contribution in [0.25, 0.3) is 0 Å². The van der Waals surface area contributed by atoms with E-state index in [0.29, 0.717) is 12.1 Å². The van der Waals surface area contributed by atoms with Gasteiger partial charge in [0, 0.05) is 38.5 Å². The molecule has 1 N–H and O–H groups in total. The maximum atomic E-state index is 12.3. The Bertz CT molecular complexity index is 561. The van der Waals surface area contributed by atoms with Crippen molar-refractivity contribution in [3.8, 4) is 6.07 Å². The molecular formula is C16H20N4O2. The van der Waals surface area contributed by atoms with E-state index in [2.05, 4.69) is 21.3 Å². The number of ether oxygens (including phenoxy) is 1. The molecule has 2 saturated heterocycles. The van der Waals surface area contributed by atoms with Gasteiger partial charge in [-0.15, -0.1) is 0 Å². The number of hydrogen-bond donors (Lipinski definition) is 1. The lowest BCUT2D eigenvalue weighted by molar-refractivity contribution is -0.125. The first-order valence-electron chi connectivity index (χ1n) is 7.75. The number of nitrogens with zero attached hydrogens (tertiary/aromatic N) is 3. The Morgan fingerprint density at radius 2 is 2.18 bits per heavy atom. The Labute approximate surface area is 130 Å². The van der Waals surface area contributed by atoms with E-state index < -0.39 is 0 Å². The highest BCUT2D eigenvalue weighted by Gasteiger charge is 2.30. The van der Waals surface area contributed by atoms with Crippen LogP contribution in [0.4, 0.5) is 5.82 Å². The van der Waals surface area contributed by atoms with Gasteiger partial charge in [-0.25, -0.2) is 4.98 Å². The predicted molar refractivity (Wildman–Crippen MR) is 81.3 cm³/mol. The first-order valence-corrected chi connectivity index (χ1v) is 7.75. The molecule has 116 valence electrons. The zero-order valence-electron chi connectivity index (χ0n) is 12.5. The van der Waals surface area contributed by atoms with Gasteiger partial charge in [-0.05, 0) is 31.4 Å². The maximum absolute atomic E-state index is 12.3. The second-order valence-corrected chi connectivity index (χ2v) is 5.84. The number of pyridine rings is 1. The number of carbonyl (C=O) groups is 1. The highest BCUT2D eigenvalue weighted by molar-refractivity contribution is 5.80. The lowest BCUT2D eigenvalue weighted by atomic mass is 10.1. The van der Waals surface area contributed by atoms with Crippen molar-refractivity contribution in [3.63, 3.8) is 0 Å². The molecule has 3 rings (SSSR count). The fourth-order valence-electron chi connectivity index (χ4n) is 2.98. The van der Waals surface area contributed by atoms with E-state index in [-0.39, 0.29) is 17.9 Å². The zero-order valence-corrected chi connectivity index (χ0v) is 12.5. The van der Waals surface area contributed by atoms with Gasteiger partial charge in [0.05, 0.1) is 11.5 Å². The molecule has 6 heteroatoms. The summed E-state index contributed by atoms with van der Waals surface area (Å²) in [5.41, 5.74) is 0.553. The monoisotopic (exact) mass is 300 g/mol. The van der Waals surface area contributed by atoms with E-state index in [1.165, 1.54) is 0 Å². The summed E-state index contributed by atoms with van der Waals surface area (Å²) in [6, 6.07) is 5.92. The number of hydrogen-bond acceptors (Lipinski definition) is 5. The molecule has 0 radical (unpaired) electrons. The minimum atomic E-state index is 0.0142. The minimum Gasteiger partial charge on any atom is -0.381 e. The van der Waals surface area contributed by atoms with Crippen molar-refractivity contribution >= 4 is 11.7 Å². The third-order valence-electron chi connectivity index (χ3n) is 4.33. The van der Waals surface area contributed by atoms with Crippen molar-refractivity contribution in [1.29, 1.82) is 5.26 Å². The van der Waals surface area contributed by atoms with Crippen LogP contribution in [0, 0.1) is 17.2 Å². The highest BCUT2D eigenvalue weighted by atomic mass is 16.5. The van der Waals surface area contributed by atoms with Gasteiger partial charge >= 0.3 is 0 Å². The Balaban J connectivity index is 1.54. The molecular weight excluding hydrogens is 280 g/mol. The lowest BCUT2D eigenvalue weighted by Crippen LogP contribution is -2.42. The molecule has 0 aromatic carbocycles. The van der Waals surface area contributed by atoms with Crippen LogP contribution in [-0.4, -0.2) is 43.2 Å². The zero-order chi connectivity index (χ0) is 15.4. The molecule has 0 saturated carbocycles. The summed E-state index contributed by atoms with van der Waals surface area (Å²) in [6.07, 6.45) is 4.22. The fraction of sp³-hybridized carbons (Fsp3) is 0.562. The van der Waals surface area contributed by atoms with Gasteiger partial charge < -0.3 is 15.0 Å². The van der Waals surface area contributed by atoms with Gasteiger partial charge in [-0.2, -0.15) is 5.26 Å². The molecule has 1 aromatic heterocycles. The Hall–Kier alpha value is -2.13. The molecule has 1 amide bonds. The number of carbonyl (C=O) groups excluding carboxylic acids is 1. The minimum absolute atomic E-state index is 0.0142. The number of rotatable bonds is 3. The molecule has 6 nitrogen and oxygen atoms in total. The summed E-state index contributed by atoms with van der Waals surface area (Å²) in [5.74, 6) is 0.990. The summed E-state index contributed by atoms with van der Waals surface area (Å²) >= 11 is 0. The summed E-state index contributed by atoms with van der Waals surface area (Å²) in [7, 11) is 0. The molecule has 2 fully saturated rings. The van der Waals surface area contributed by atoms with Crippen molar-refractivity contribution < 1.29 is 9.53 Å². The smallest absolute Gasteiger partial charge is 0.225 e. The molecule has 22 heavy (non-hydrogen) atoms. The summed E-state index contributed by atoms with van der Waals surface area (Å²) < 4.78 is 5.31. The van der Waals surface area contributed by atoms with E-state index in [1.54, 1.807) is 12.3 Å². The highest BCUT2D eigenvalue weighted by Crippen LogP contribution is 2.22. The topological polar surface area (TPSA) is 78.2 Å². The quantitative estimate of drug-likeness (QED) is 0.903. The Kier molecular flexibility index (Phi) is 4.54. The molecule has 0 spiro atoms. The van der Waals surface area contributed by atoms with Crippen LogP contribution in [0.5, 0.6) is 0 Å². The molecule has 1 aromatic rings. The van der Waals surface area contributed by atoms with E-state index in [0.717, 1.165) is 44.8 Å². The summed E-state index contributed by atoms with van der Waals surface area (Å²) in [4.78, 5) is 18.8. The first kappa shape index (κ1) is 14.8. The molecule has 1 atom stereocenters. The van der Waals surface area contributed by atoms with E-state index in [1.807, 2.05) is 6.07 Å². The molecule has 3 heterocycles. The van der Waals surface area contributed by atoms with Gasteiger partial charge in [-0.3, -0.25) is 4.79 Å². The lowest BCUT2D eigenvalue weighted by Gasteiger charge is -2.24. The Morgan fingerprint density at radius 1 is 1.36 bits per heavy atom. The van der Waals surface area contributed by atoms with Crippen molar-refractivity contribution in [1.82, 2.24) is 10.3 Å². The van der Waals surface area contributed by atoms with Gasteiger partial charge in [0.1, 0.15) is 11.9 Å². The van der Waals surface area contributed by atoms with E-state index in [4.69, 9.17) is 10.00 Å². The van der Waals surface area contributed by atoms with Gasteiger partial charge in [0.25, 0.3) is 0 Å². The third kappa shape index (κ3) is 3.37. The Morgan fingerprint density at radius 3 is 2.86 bits per heavy atom. The molecule has 1 unspecified atom stereocenters. The van der Waals surface area contributed by atoms with Gasteiger partial charge in [0.2, 0.25) is 5.91 Å².